The van der Waals surface area contributed by atoms with E-state index in [4.69, 9.17) is 10.8 Å². The molecule has 0 bridgehead atoms. The van der Waals surface area contributed by atoms with Crippen LogP contribution in [-0.4, -0.2) is 17.3 Å². The number of carbonyl (C=O) groups is 1. The van der Waals surface area contributed by atoms with E-state index in [1.165, 1.54) is 24.6 Å². The molecule has 0 unspecified atom stereocenters. The molecule has 0 heterocycles. The number of carboxylic acids is 1. The molecular weight excluding hydrogens is 199 g/mol. The third kappa shape index (κ3) is 2.91. The molecule has 15 heavy (non-hydrogen) atoms. The fraction of sp³-hybridized carbons (Fsp3) is 0. The number of hydrogen-bond acceptors (Lipinski definition) is 3. The first kappa shape index (κ1) is 10.9. The van der Waals surface area contributed by atoms with Crippen molar-refractivity contribution in [3.8, 4) is 0 Å². The molecule has 1 aromatic carbocycles. The van der Waals surface area contributed by atoms with Crippen molar-refractivity contribution in [1.82, 2.24) is 0 Å². The highest BCUT2D eigenvalue weighted by Crippen LogP contribution is 2.19. The molecule has 1 rings (SSSR count). The predicted octanol–water partition coefficient (Wildman–Crippen LogP) is 1.70. The van der Waals surface area contributed by atoms with Gasteiger partial charge in [-0.3, -0.25) is 4.99 Å². The standard InChI is InChI=1S/C10H9FN2O2/c11-7-2-3-9(13-5-1-4-12)8(6-7)10(14)15/h1-6H,12H2,(H,14,15). The molecule has 0 atom stereocenters. The monoisotopic (exact) mass is 208 g/mol. The molecule has 0 radical (unpaired) electrons. The lowest BCUT2D eigenvalue weighted by Crippen LogP contribution is -1.97. The molecule has 3 N–H and O–H groups in total. The highest BCUT2D eigenvalue weighted by molar-refractivity contribution is 5.94. The summed E-state index contributed by atoms with van der Waals surface area (Å²) in [7, 11) is 0. The van der Waals surface area contributed by atoms with Crippen LogP contribution < -0.4 is 5.73 Å². The van der Waals surface area contributed by atoms with Crippen LogP contribution in [0.5, 0.6) is 0 Å². The average Bonchev–Trinajstić information content (AvgIpc) is 2.20. The first-order valence-corrected chi connectivity index (χ1v) is 4.09. The Morgan fingerprint density at radius 3 is 2.87 bits per heavy atom. The molecular formula is C10H9FN2O2. The van der Waals surface area contributed by atoms with Gasteiger partial charge in [0.05, 0.1) is 11.3 Å². The molecule has 0 aliphatic rings. The Bertz CT molecular complexity index is 427. The van der Waals surface area contributed by atoms with Gasteiger partial charge < -0.3 is 10.8 Å². The second-order valence-corrected chi connectivity index (χ2v) is 2.63. The summed E-state index contributed by atoms with van der Waals surface area (Å²) in [6, 6.07) is 3.35. The molecule has 5 heteroatoms. The van der Waals surface area contributed by atoms with Crippen LogP contribution in [0.25, 0.3) is 0 Å². The van der Waals surface area contributed by atoms with Gasteiger partial charge in [0.2, 0.25) is 0 Å². The number of carboxylic acid groups (broad SMARTS) is 1. The van der Waals surface area contributed by atoms with Crippen molar-refractivity contribution in [1.29, 1.82) is 0 Å². The second kappa shape index (κ2) is 4.90. The van der Waals surface area contributed by atoms with E-state index in [1.807, 2.05) is 0 Å². The summed E-state index contributed by atoms with van der Waals surface area (Å²) in [6.45, 7) is 0. The maximum absolute atomic E-state index is 12.7. The summed E-state index contributed by atoms with van der Waals surface area (Å²) in [5.74, 6) is -1.83. The molecule has 4 nitrogen and oxygen atoms in total. The molecule has 0 aliphatic carbocycles. The van der Waals surface area contributed by atoms with E-state index in [0.29, 0.717) is 0 Å². The van der Waals surface area contributed by atoms with Crippen LogP contribution in [0.3, 0.4) is 0 Å². The summed E-state index contributed by atoms with van der Waals surface area (Å²) in [5.41, 5.74) is 5.07. The fourth-order valence-corrected chi connectivity index (χ4v) is 0.965. The van der Waals surface area contributed by atoms with Gasteiger partial charge >= 0.3 is 5.97 Å². The van der Waals surface area contributed by atoms with Gasteiger partial charge in [0.25, 0.3) is 0 Å². The summed E-state index contributed by atoms with van der Waals surface area (Å²) < 4.78 is 12.7. The minimum Gasteiger partial charge on any atom is -0.478 e. The molecule has 1 aromatic rings. The lowest BCUT2D eigenvalue weighted by atomic mass is 10.2. The Hall–Kier alpha value is -2.17. The maximum Gasteiger partial charge on any atom is 0.338 e. The number of aliphatic imine (C=N–C) groups is 1. The van der Waals surface area contributed by atoms with Crippen molar-refractivity contribution < 1.29 is 14.3 Å². The minimum atomic E-state index is -1.22. The Kier molecular flexibility index (Phi) is 3.56. The number of benzene rings is 1. The van der Waals surface area contributed by atoms with Gasteiger partial charge in [-0.1, -0.05) is 0 Å². The molecule has 0 spiro atoms. The molecule has 78 valence electrons. The van der Waals surface area contributed by atoms with Crippen LogP contribution >= 0.6 is 0 Å². The number of aromatic carboxylic acids is 1. The molecule has 0 aromatic heterocycles. The second-order valence-electron chi connectivity index (χ2n) is 2.63. The highest BCUT2D eigenvalue weighted by Gasteiger charge is 2.09. The van der Waals surface area contributed by atoms with Crippen molar-refractivity contribution >= 4 is 17.9 Å². The number of allylic oxidation sites excluding steroid dienone is 1. The van der Waals surface area contributed by atoms with E-state index in [0.717, 1.165) is 12.1 Å². The van der Waals surface area contributed by atoms with Gasteiger partial charge in [-0.15, -0.1) is 0 Å². The Morgan fingerprint density at radius 1 is 1.53 bits per heavy atom. The number of rotatable bonds is 3. The largest absolute Gasteiger partial charge is 0.478 e. The van der Waals surface area contributed by atoms with Gasteiger partial charge in [0.15, 0.2) is 0 Å². The van der Waals surface area contributed by atoms with Crippen molar-refractivity contribution in [3.63, 3.8) is 0 Å². The number of nitrogens with two attached hydrogens (primary N) is 1. The Balaban J connectivity index is 3.11. The number of nitrogens with zero attached hydrogens (tertiary/aromatic N) is 1. The lowest BCUT2D eigenvalue weighted by molar-refractivity contribution is 0.0697. The quantitative estimate of drug-likeness (QED) is 0.742. The lowest BCUT2D eigenvalue weighted by Gasteiger charge is -1.99. The normalized spacial score (nSPS) is 11.3. The topological polar surface area (TPSA) is 75.7 Å². The van der Waals surface area contributed by atoms with Crippen LogP contribution in [0.1, 0.15) is 10.4 Å². The number of hydrogen-bond donors (Lipinski definition) is 2. The van der Waals surface area contributed by atoms with E-state index in [1.54, 1.807) is 0 Å². The maximum atomic E-state index is 12.7. The van der Waals surface area contributed by atoms with E-state index in [-0.39, 0.29) is 11.3 Å². The van der Waals surface area contributed by atoms with E-state index < -0.39 is 11.8 Å². The van der Waals surface area contributed by atoms with Crippen molar-refractivity contribution in [2.24, 2.45) is 10.7 Å². The molecule has 0 saturated heterocycles. The first-order valence-electron chi connectivity index (χ1n) is 4.09. The zero-order valence-electron chi connectivity index (χ0n) is 7.72. The number of halogens is 1. The van der Waals surface area contributed by atoms with Crippen molar-refractivity contribution in [3.05, 3.63) is 41.9 Å². The van der Waals surface area contributed by atoms with Gasteiger partial charge in [-0.2, -0.15) is 0 Å². The van der Waals surface area contributed by atoms with Gasteiger partial charge in [0, 0.05) is 6.21 Å². The van der Waals surface area contributed by atoms with Crippen molar-refractivity contribution in [2.45, 2.75) is 0 Å². The van der Waals surface area contributed by atoms with Crippen LogP contribution in [-0.2, 0) is 0 Å². The summed E-state index contributed by atoms with van der Waals surface area (Å²) in [4.78, 5) is 14.5. The third-order valence-corrected chi connectivity index (χ3v) is 1.60. The van der Waals surface area contributed by atoms with E-state index in [2.05, 4.69) is 4.99 Å². The van der Waals surface area contributed by atoms with Crippen molar-refractivity contribution in [2.75, 3.05) is 0 Å². The summed E-state index contributed by atoms with van der Waals surface area (Å²) in [5, 5.41) is 8.76. The van der Waals surface area contributed by atoms with E-state index in [9.17, 15) is 9.18 Å². The first-order chi connectivity index (χ1) is 7.15. The molecule has 0 fully saturated rings. The zero-order valence-corrected chi connectivity index (χ0v) is 7.72. The smallest absolute Gasteiger partial charge is 0.338 e. The summed E-state index contributed by atoms with van der Waals surface area (Å²) >= 11 is 0. The highest BCUT2D eigenvalue weighted by atomic mass is 19.1. The molecule has 0 amide bonds. The summed E-state index contributed by atoms with van der Waals surface area (Å²) in [6.07, 6.45) is 4.03. The van der Waals surface area contributed by atoms with Crippen LogP contribution in [0, 0.1) is 5.82 Å². The van der Waals surface area contributed by atoms with Crippen LogP contribution in [0.2, 0.25) is 0 Å². The van der Waals surface area contributed by atoms with Crippen LogP contribution in [0.15, 0.2) is 35.5 Å². The predicted molar refractivity (Wildman–Crippen MR) is 54.8 cm³/mol. The van der Waals surface area contributed by atoms with Gasteiger partial charge in [-0.05, 0) is 30.5 Å². The van der Waals surface area contributed by atoms with Gasteiger partial charge in [-0.25, -0.2) is 9.18 Å². The molecule has 0 aliphatic heterocycles. The minimum absolute atomic E-state index is 0.182. The Morgan fingerprint density at radius 2 is 2.27 bits per heavy atom. The van der Waals surface area contributed by atoms with Gasteiger partial charge in [0.1, 0.15) is 5.82 Å². The zero-order chi connectivity index (χ0) is 11.3. The SMILES string of the molecule is NC=CC=Nc1ccc(F)cc1C(=O)O. The van der Waals surface area contributed by atoms with E-state index >= 15 is 0 Å². The average molecular weight is 208 g/mol. The molecule has 0 saturated carbocycles. The third-order valence-electron chi connectivity index (χ3n) is 1.60. The Labute approximate surface area is 85.6 Å². The van der Waals surface area contributed by atoms with Crippen LogP contribution in [0.4, 0.5) is 10.1 Å². The fourth-order valence-electron chi connectivity index (χ4n) is 0.965.